The van der Waals surface area contributed by atoms with Crippen LogP contribution in [0.3, 0.4) is 0 Å². The van der Waals surface area contributed by atoms with Crippen molar-refractivity contribution in [3.63, 3.8) is 0 Å². The van der Waals surface area contributed by atoms with Crippen molar-refractivity contribution in [3.05, 3.63) is 51.4 Å². The van der Waals surface area contributed by atoms with Gasteiger partial charge in [0, 0.05) is 23.0 Å². The monoisotopic (exact) mass is 406 g/mol. The van der Waals surface area contributed by atoms with Gasteiger partial charge in [-0.1, -0.05) is 25.3 Å². The number of benzene rings is 1. The highest BCUT2D eigenvalue weighted by Gasteiger charge is 2.34. The molecule has 0 atom stereocenters. The number of fused-ring (bicyclic) bond motifs is 1. The van der Waals surface area contributed by atoms with Crippen LogP contribution in [0, 0.1) is 13.8 Å². The third-order valence-electron chi connectivity index (χ3n) is 6.08. The summed E-state index contributed by atoms with van der Waals surface area (Å²) in [7, 11) is 0. The van der Waals surface area contributed by atoms with Gasteiger partial charge in [-0.25, -0.2) is 4.98 Å². The molecule has 0 N–H and O–H groups in total. The van der Waals surface area contributed by atoms with E-state index in [0.717, 1.165) is 37.8 Å². The average Bonchev–Trinajstić information content (AvgIpc) is 2.72. The second kappa shape index (κ2) is 7.48. The summed E-state index contributed by atoms with van der Waals surface area (Å²) in [5, 5.41) is 0. The summed E-state index contributed by atoms with van der Waals surface area (Å²) in [5.74, 6) is 0.407. The van der Waals surface area contributed by atoms with Crippen molar-refractivity contribution in [2.24, 2.45) is 0 Å². The van der Waals surface area contributed by atoms with Crippen molar-refractivity contribution >= 4 is 11.6 Å². The summed E-state index contributed by atoms with van der Waals surface area (Å²) < 4.78 is 41.4. The molecule has 156 valence electrons. The molecule has 0 radical (unpaired) electrons. The van der Waals surface area contributed by atoms with Crippen molar-refractivity contribution in [2.45, 2.75) is 64.8 Å². The normalized spacial score (nSPS) is 18.7. The zero-order valence-electron chi connectivity index (χ0n) is 16.7. The van der Waals surface area contributed by atoms with E-state index in [1.54, 1.807) is 29.4 Å². The molecule has 1 aromatic carbocycles. The summed E-state index contributed by atoms with van der Waals surface area (Å²) in [5.41, 5.74) is 0.726. The fourth-order valence-corrected chi connectivity index (χ4v) is 4.27. The number of halogens is 3. The number of rotatable bonds is 2. The number of alkyl halides is 3. The van der Waals surface area contributed by atoms with Gasteiger partial charge in [0.2, 0.25) is 5.95 Å². The summed E-state index contributed by atoms with van der Waals surface area (Å²) in [6.07, 6.45) is 1.14. The Hall–Kier alpha value is -2.35. The molecule has 1 aromatic heterocycles. The van der Waals surface area contributed by atoms with Gasteiger partial charge in [-0.2, -0.15) is 13.2 Å². The van der Waals surface area contributed by atoms with Crippen LogP contribution in [-0.4, -0.2) is 27.2 Å². The summed E-state index contributed by atoms with van der Waals surface area (Å²) >= 11 is 0. The lowest BCUT2D eigenvalue weighted by atomic mass is 9.94. The molecular formula is C21H25F3N4O. The maximum atomic E-state index is 13.3. The van der Waals surface area contributed by atoms with Gasteiger partial charge in [-0.3, -0.25) is 19.2 Å². The quantitative estimate of drug-likeness (QED) is 0.732. The van der Waals surface area contributed by atoms with Gasteiger partial charge in [0.25, 0.3) is 5.56 Å². The molecule has 29 heavy (non-hydrogen) atoms. The van der Waals surface area contributed by atoms with E-state index in [2.05, 4.69) is 9.88 Å². The van der Waals surface area contributed by atoms with E-state index < -0.39 is 11.7 Å². The SMILES string of the molecule is Cc1nc2n(c(=O)c1C)CN(C1CCCCC1)CN2c1cccc(C(F)(F)F)c1. The smallest absolute Gasteiger partial charge is 0.298 e. The van der Waals surface area contributed by atoms with E-state index in [1.807, 2.05) is 0 Å². The van der Waals surface area contributed by atoms with Crippen LogP contribution in [0.5, 0.6) is 0 Å². The average molecular weight is 406 g/mol. The Bertz CT molecular complexity index is 963. The molecule has 0 saturated heterocycles. The number of hydrogen-bond acceptors (Lipinski definition) is 4. The molecule has 1 aliphatic carbocycles. The molecule has 1 fully saturated rings. The third kappa shape index (κ3) is 3.77. The lowest BCUT2D eigenvalue weighted by Crippen LogP contribution is -2.51. The van der Waals surface area contributed by atoms with Crippen LogP contribution < -0.4 is 10.5 Å². The van der Waals surface area contributed by atoms with E-state index in [4.69, 9.17) is 0 Å². The van der Waals surface area contributed by atoms with Crippen molar-refractivity contribution in [1.82, 2.24) is 14.5 Å². The predicted molar refractivity (Wildman–Crippen MR) is 105 cm³/mol. The van der Waals surface area contributed by atoms with Crippen LogP contribution in [0.1, 0.15) is 48.9 Å². The van der Waals surface area contributed by atoms with Gasteiger partial charge >= 0.3 is 6.18 Å². The van der Waals surface area contributed by atoms with Gasteiger partial charge < -0.3 is 0 Å². The first-order valence-electron chi connectivity index (χ1n) is 10.0. The van der Waals surface area contributed by atoms with Gasteiger partial charge in [-0.15, -0.1) is 0 Å². The van der Waals surface area contributed by atoms with E-state index in [0.29, 0.717) is 42.3 Å². The van der Waals surface area contributed by atoms with Gasteiger partial charge in [0.05, 0.1) is 18.9 Å². The number of aromatic nitrogens is 2. The fraction of sp³-hybridized carbons (Fsp3) is 0.524. The number of anilines is 2. The number of nitrogens with zero attached hydrogens (tertiary/aromatic N) is 4. The summed E-state index contributed by atoms with van der Waals surface area (Å²) in [6, 6.07) is 5.56. The largest absolute Gasteiger partial charge is 0.416 e. The minimum atomic E-state index is -4.43. The number of aryl methyl sites for hydroxylation is 1. The third-order valence-corrected chi connectivity index (χ3v) is 6.08. The highest BCUT2D eigenvalue weighted by molar-refractivity contribution is 5.59. The van der Waals surface area contributed by atoms with E-state index >= 15 is 0 Å². The van der Waals surface area contributed by atoms with Gasteiger partial charge in [-0.05, 0) is 44.9 Å². The van der Waals surface area contributed by atoms with Crippen LogP contribution in [-0.2, 0) is 12.8 Å². The zero-order valence-corrected chi connectivity index (χ0v) is 16.7. The molecule has 2 heterocycles. The first-order chi connectivity index (χ1) is 13.8. The molecule has 5 nitrogen and oxygen atoms in total. The second-order valence-electron chi connectivity index (χ2n) is 7.99. The standard InChI is InChI=1S/C21H25F3N4O/c1-14-15(2)25-20-27(18-10-6-7-16(11-18)21(22,23)24)12-26(13-28(20)19(14)29)17-8-4-3-5-9-17/h6-7,10-11,17H,3-5,8-9,12-13H2,1-2H3. The maximum Gasteiger partial charge on any atom is 0.416 e. The molecule has 1 saturated carbocycles. The Morgan fingerprint density at radius 1 is 1.07 bits per heavy atom. The fourth-order valence-electron chi connectivity index (χ4n) is 4.27. The van der Waals surface area contributed by atoms with Crippen LogP contribution >= 0.6 is 0 Å². The molecule has 4 rings (SSSR count). The van der Waals surface area contributed by atoms with Crippen molar-refractivity contribution < 1.29 is 13.2 Å². The van der Waals surface area contributed by atoms with E-state index in [1.165, 1.54) is 12.5 Å². The first-order valence-corrected chi connectivity index (χ1v) is 10.0. The Morgan fingerprint density at radius 2 is 1.79 bits per heavy atom. The van der Waals surface area contributed by atoms with Crippen molar-refractivity contribution in [1.29, 1.82) is 0 Å². The Balaban J connectivity index is 1.81. The lowest BCUT2D eigenvalue weighted by molar-refractivity contribution is -0.137. The molecule has 2 aromatic rings. The second-order valence-corrected chi connectivity index (χ2v) is 7.99. The predicted octanol–water partition coefficient (Wildman–Crippen LogP) is 4.58. The summed E-state index contributed by atoms with van der Waals surface area (Å²) in [4.78, 5) is 21.5. The van der Waals surface area contributed by atoms with Crippen molar-refractivity contribution in [3.8, 4) is 0 Å². The highest BCUT2D eigenvalue weighted by Crippen LogP contribution is 2.35. The zero-order chi connectivity index (χ0) is 20.8. The van der Waals surface area contributed by atoms with Crippen LogP contribution in [0.15, 0.2) is 29.1 Å². The molecule has 1 aliphatic heterocycles. The van der Waals surface area contributed by atoms with Crippen molar-refractivity contribution in [2.75, 3.05) is 11.6 Å². The van der Waals surface area contributed by atoms with Crippen LogP contribution in [0.25, 0.3) is 0 Å². The molecule has 0 bridgehead atoms. The molecule has 8 heteroatoms. The molecular weight excluding hydrogens is 381 g/mol. The topological polar surface area (TPSA) is 41.4 Å². The minimum Gasteiger partial charge on any atom is -0.298 e. The highest BCUT2D eigenvalue weighted by atomic mass is 19.4. The minimum absolute atomic E-state index is 0.134. The Morgan fingerprint density at radius 3 is 2.48 bits per heavy atom. The molecule has 0 unspecified atom stereocenters. The lowest BCUT2D eigenvalue weighted by Gasteiger charge is -2.43. The van der Waals surface area contributed by atoms with Crippen LogP contribution in [0.4, 0.5) is 24.8 Å². The Labute approximate surface area is 167 Å². The van der Waals surface area contributed by atoms with Gasteiger partial charge in [0.15, 0.2) is 0 Å². The molecule has 0 spiro atoms. The van der Waals surface area contributed by atoms with E-state index in [9.17, 15) is 18.0 Å². The Kier molecular flexibility index (Phi) is 5.14. The van der Waals surface area contributed by atoms with E-state index in [-0.39, 0.29) is 5.56 Å². The molecule has 2 aliphatic rings. The first kappa shape index (κ1) is 19.9. The maximum absolute atomic E-state index is 13.3. The molecule has 0 amide bonds. The van der Waals surface area contributed by atoms with Crippen LogP contribution in [0.2, 0.25) is 0 Å². The van der Waals surface area contributed by atoms with Gasteiger partial charge in [0.1, 0.15) is 0 Å². The number of hydrogen-bond donors (Lipinski definition) is 0. The summed E-state index contributed by atoms with van der Waals surface area (Å²) in [6.45, 7) is 4.34.